The second kappa shape index (κ2) is 5.30. The SMILES string of the molecule is N#CSC/C(Cl)=C\Cl. The first-order chi connectivity index (χ1) is 3.81. The summed E-state index contributed by atoms with van der Waals surface area (Å²) < 4.78 is 0. The fourth-order valence-corrected chi connectivity index (χ4v) is 0.751. The van der Waals surface area contributed by atoms with Gasteiger partial charge in [0.1, 0.15) is 5.40 Å². The normalized spacial score (nSPS) is 10.9. The Hall–Kier alpha value is 0.160. The van der Waals surface area contributed by atoms with E-state index in [0.717, 1.165) is 11.8 Å². The van der Waals surface area contributed by atoms with Gasteiger partial charge in [0, 0.05) is 16.3 Å². The van der Waals surface area contributed by atoms with E-state index in [-0.39, 0.29) is 0 Å². The highest BCUT2D eigenvalue weighted by Gasteiger charge is 1.88. The van der Waals surface area contributed by atoms with Crippen molar-refractivity contribution < 1.29 is 0 Å². The number of halogens is 2. The smallest absolute Gasteiger partial charge is 0.133 e. The van der Waals surface area contributed by atoms with Gasteiger partial charge in [-0.3, -0.25) is 0 Å². The Kier molecular flexibility index (Phi) is 5.41. The first kappa shape index (κ1) is 8.16. The van der Waals surface area contributed by atoms with E-state index in [4.69, 9.17) is 28.5 Å². The van der Waals surface area contributed by atoms with Gasteiger partial charge in [0.05, 0.1) is 0 Å². The van der Waals surface area contributed by atoms with Crippen LogP contribution in [0.15, 0.2) is 10.6 Å². The van der Waals surface area contributed by atoms with Gasteiger partial charge in [-0.25, -0.2) is 0 Å². The summed E-state index contributed by atoms with van der Waals surface area (Å²) >= 11 is 11.6. The van der Waals surface area contributed by atoms with Gasteiger partial charge in [-0.05, 0) is 11.8 Å². The zero-order valence-corrected chi connectivity index (χ0v) is 6.22. The molecule has 0 aliphatic heterocycles. The molecule has 0 fully saturated rings. The van der Waals surface area contributed by atoms with Crippen LogP contribution in [-0.4, -0.2) is 5.75 Å². The molecular formula is C4H3Cl2NS. The van der Waals surface area contributed by atoms with Crippen molar-refractivity contribution >= 4 is 35.0 Å². The fraction of sp³-hybridized carbons (Fsp3) is 0.250. The molecule has 0 unspecified atom stereocenters. The van der Waals surface area contributed by atoms with Gasteiger partial charge in [-0.1, -0.05) is 23.2 Å². The Morgan fingerprint density at radius 1 is 1.88 bits per heavy atom. The van der Waals surface area contributed by atoms with Gasteiger partial charge < -0.3 is 0 Å². The number of rotatable bonds is 2. The Bertz CT molecular complexity index is 126. The summed E-state index contributed by atoms with van der Waals surface area (Å²) in [6.07, 6.45) is 0. The summed E-state index contributed by atoms with van der Waals surface area (Å²) in [4.78, 5) is 0. The highest BCUT2D eigenvalue weighted by molar-refractivity contribution is 8.03. The molecule has 1 nitrogen and oxygen atoms in total. The van der Waals surface area contributed by atoms with E-state index < -0.39 is 0 Å². The molecular weight excluding hydrogens is 165 g/mol. The summed E-state index contributed by atoms with van der Waals surface area (Å²) in [7, 11) is 0. The van der Waals surface area contributed by atoms with Crippen molar-refractivity contribution in [2.45, 2.75) is 0 Å². The third-order valence-electron chi connectivity index (χ3n) is 0.393. The Morgan fingerprint density at radius 3 is 2.88 bits per heavy atom. The number of hydrogen-bond donors (Lipinski definition) is 0. The minimum atomic E-state index is 0.474. The summed E-state index contributed by atoms with van der Waals surface area (Å²) in [5, 5.41) is 10.4. The highest BCUT2D eigenvalue weighted by atomic mass is 35.5. The van der Waals surface area contributed by atoms with Crippen LogP contribution in [0.2, 0.25) is 0 Å². The largest absolute Gasteiger partial charge is 0.185 e. The number of thiocyanates is 1. The summed E-state index contributed by atoms with van der Waals surface area (Å²) in [6, 6.07) is 0. The monoisotopic (exact) mass is 167 g/mol. The third-order valence-corrected chi connectivity index (χ3v) is 1.75. The average molecular weight is 168 g/mol. The predicted molar refractivity (Wildman–Crippen MR) is 37.9 cm³/mol. The van der Waals surface area contributed by atoms with Gasteiger partial charge >= 0.3 is 0 Å². The molecule has 0 aliphatic carbocycles. The molecule has 0 N–H and O–H groups in total. The third kappa shape index (κ3) is 4.32. The first-order valence-electron chi connectivity index (χ1n) is 1.77. The van der Waals surface area contributed by atoms with E-state index in [1.807, 2.05) is 5.40 Å². The van der Waals surface area contributed by atoms with E-state index >= 15 is 0 Å². The number of nitrogens with zero attached hydrogens (tertiary/aromatic N) is 1. The maximum Gasteiger partial charge on any atom is 0.133 e. The molecule has 8 heavy (non-hydrogen) atoms. The second-order valence-corrected chi connectivity index (χ2v) is 2.40. The maximum atomic E-state index is 7.99. The van der Waals surface area contributed by atoms with Crippen molar-refractivity contribution in [1.82, 2.24) is 0 Å². The fourth-order valence-electron chi connectivity index (χ4n) is 0.133. The number of hydrogen-bond acceptors (Lipinski definition) is 2. The molecule has 0 aromatic rings. The average Bonchev–Trinajstić information content (AvgIpc) is 1.83. The standard InChI is InChI=1S/C4H3Cl2NS/c5-1-4(6)2-8-3-7/h1H,2H2/b4-1+. The van der Waals surface area contributed by atoms with Gasteiger partial charge in [0.2, 0.25) is 0 Å². The van der Waals surface area contributed by atoms with E-state index in [1.165, 1.54) is 5.54 Å². The highest BCUT2D eigenvalue weighted by Crippen LogP contribution is 2.10. The van der Waals surface area contributed by atoms with Crippen molar-refractivity contribution in [2.75, 3.05) is 5.75 Å². The molecule has 0 aromatic heterocycles. The van der Waals surface area contributed by atoms with Crippen LogP contribution < -0.4 is 0 Å². The van der Waals surface area contributed by atoms with E-state index in [9.17, 15) is 0 Å². The van der Waals surface area contributed by atoms with Gasteiger partial charge in [-0.2, -0.15) is 5.26 Å². The molecule has 0 spiro atoms. The topological polar surface area (TPSA) is 23.8 Å². The van der Waals surface area contributed by atoms with Gasteiger partial charge in [0.25, 0.3) is 0 Å². The molecule has 0 heterocycles. The summed E-state index contributed by atoms with van der Waals surface area (Å²) in [5.41, 5.74) is 1.26. The van der Waals surface area contributed by atoms with Crippen LogP contribution in [0.3, 0.4) is 0 Å². The Balaban J connectivity index is 3.29. The lowest BCUT2D eigenvalue weighted by molar-refractivity contribution is 1.56. The lowest BCUT2D eigenvalue weighted by atomic mass is 10.7. The van der Waals surface area contributed by atoms with Crippen LogP contribution in [0.25, 0.3) is 0 Å². The zero-order chi connectivity index (χ0) is 6.41. The molecule has 0 aliphatic rings. The Labute approximate surface area is 62.3 Å². The Morgan fingerprint density at radius 2 is 2.50 bits per heavy atom. The van der Waals surface area contributed by atoms with Crippen LogP contribution in [0.4, 0.5) is 0 Å². The minimum Gasteiger partial charge on any atom is -0.185 e. The van der Waals surface area contributed by atoms with Crippen molar-refractivity contribution in [3.05, 3.63) is 10.6 Å². The van der Waals surface area contributed by atoms with Crippen molar-refractivity contribution in [3.8, 4) is 5.40 Å². The second-order valence-electron chi connectivity index (χ2n) is 0.936. The number of nitriles is 1. The predicted octanol–water partition coefficient (Wildman–Crippen LogP) is 2.52. The summed E-state index contributed by atoms with van der Waals surface area (Å²) in [6.45, 7) is 0. The lowest BCUT2D eigenvalue weighted by Gasteiger charge is -1.84. The van der Waals surface area contributed by atoms with Crippen LogP contribution in [0.5, 0.6) is 0 Å². The van der Waals surface area contributed by atoms with Crippen molar-refractivity contribution in [1.29, 1.82) is 5.26 Å². The first-order valence-corrected chi connectivity index (χ1v) is 3.57. The molecule has 4 heteroatoms. The van der Waals surface area contributed by atoms with Gasteiger partial charge in [0.15, 0.2) is 0 Å². The van der Waals surface area contributed by atoms with E-state index in [0.29, 0.717) is 10.8 Å². The molecule has 0 atom stereocenters. The van der Waals surface area contributed by atoms with E-state index in [1.54, 1.807) is 0 Å². The quantitative estimate of drug-likeness (QED) is 0.591. The van der Waals surface area contributed by atoms with Crippen LogP contribution in [-0.2, 0) is 0 Å². The lowest BCUT2D eigenvalue weighted by Crippen LogP contribution is -1.70. The molecule has 0 rings (SSSR count). The van der Waals surface area contributed by atoms with Crippen LogP contribution >= 0.6 is 35.0 Å². The minimum absolute atomic E-state index is 0.474. The molecule has 0 radical (unpaired) electrons. The maximum absolute atomic E-state index is 7.99. The van der Waals surface area contributed by atoms with Crippen molar-refractivity contribution in [3.63, 3.8) is 0 Å². The molecule has 0 bridgehead atoms. The van der Waals surface area contributed by atoms with Crippen LogP contribution in [0, 0.1) is 10.7 Å². The molecule has 0 amide bonds. The van der Waals surface area contributed by atoms with Crippen molar-refractivity contribution in [2.24, 2.45) is 0 Å². The molecule has 0 saturated carbocycles. The summed E-state index contributed by atoms with van der Waals surface area (Å²) in [5.74, 6) is 0.474. The molecule has 0 aromatic carbocycles. The van der Waals surface area contributed by atoms with E-state index in [2.05, 4.69) is 0 Å². The van der Waals surface area contributed by atoms with Gasteiger partial charge in [-0.15, -0.1) is 0 Å². The molecule has 44 valence electrons. The zero-order valence-electron chi connectivity index (χ0n) is 3.90. The molecule has 0 saturated heterocycles. The van der Waals surface area contributed by atoms with Crippen LogP contribution in [0.1, 0.15) is 0 Å². The number of thioether (sulfide) groups is 1.